The Bertz CT molecular complexity index is 1980. The Hall–Kier alpha value is -4.09. The number of fused-ring (bicyclic) bond motifs is 3. The van der Waals surface area contributed by atoms with E-state index in [-0.39, 0.29) is 25.5 Å². The molecule has 0 atom stereocenters. The molecule has 0 bridgehead atoms. The number of hydrogen-bond donors (Lipinski definition) is 0. The van der Waals surface area contributed by atoms with Gasteiger partial charge in [0.2, 0.25) is 0 Å². The SMILES string of the molecule is CCOC(=O)c1c(CCCOc2cccc3cc(F)ccc23)c2ccc(Cl)c3c2n1CCCCN(CC(F)(F)F)Cc1nn(C)c(C)c1-3. The Morgan fingerprint density at radius 2 is 1.81 bits per heavy atom. The van der Waals surface area contributed by atoms with Crippen LogP contribution in [0, 0.1) is 12.7 Å². The van der Waals surface area contributed by atoms with E-state index in [9.17, 15) is 22.4 Å². The highest BCUT2D eigenvalue weighted by Gasteiger charge is 2.33. The van der Waals surface area contributed by atoms with Crippen molar-refractivity contribution in [2.45, 2.75) is 58.8 Å². The largest absolute Gasteiger partial charge is 0.493 e. The first-order valence-corrected chi connectivity index (χ1v) is 16.5. The Balaban J connectivity index is 1.43. The van der Waals surface area contributed by atoms with Gasteiger partial charge in [0.15, 0.2) is 0 Å². The van der Waals surface area contributed by atoms with Crippen molar-refractivity contribution < 1.29 is 31.8 Å². The Morgan fingerprint density at radius 3 is 2.58 bits per heavy atom. The fraction of sp³-hybridized carbons (Fsp3) is 0.389. The third-order valence-corrected chi connectivity index (χ3v) is 9.23. The number of esters is 1. The summed E-state index contributed by atoms with van der Waals surface area (Å²) in [7, 11) is 1.76. The first-order chi connectivity index (χ1) is 23.0. The number of hydrogen-bond acceptors (Lipinski definition) is 5. The van der Waals surface area contributed by atoms with Crippen molar-refractivity contribution in [2.75, 3.05) is 26.3 Å². The van der Waals surface area contributed by atoms with E-state index in [0.29, 0.717) is 72.1 Å². The number of nitrogens with zero attached hydrogens (tertiary/aromatic N) is 4. The van der Waals surface area contributed by atoms with E-state index in [0.717, 1.165) is 32.9 Å². The monoisotopic (exact) mass is 684 g/mol. The van der Waals surface area contributed by atoms with Crippen molar-refractivity contribution in [3.05, 3.63) is 82.0 Å². The average molecular weight is 685 g/mol. The first-order valence-electron chi connectivity index (χ1n) is 16.1. The van der Waals surface area contributed by atoms with Gasteiger partial charge in [0.25, 0.3) is 0 Å². The maximum Gasteiger partial charge on any atom is 0.401 e. The minimum Gasteiger partial charge on any atom is -0.493 e. The van der Waals surface area contributed by atoms with Gasteiger partial charge in [0, 0.05) is 47.7 Å². The van der Waals surface area contributed by atoms with Gasteiger partial charge in [-0.1, -0.05) is 29.8 Å². The standard InChI is InChI=1S/C36H37ClF4N4O3/c1-4-47-35(46)34-26(10-8-18-48-30-11-7-9-23-19-24(38)12-13-25(23)30)27-14-15-28(37)32-31-22(2)43(3)42-29(31)20-44(21-36(39,40)41)16-5-6-17-45(34)33(27)32/h7,9,11-15,19H,4-6,8,10,16-18,20-21H2,1-3H3. The van der Waals surface area contributed by atoms with Gasteiger partial charge >= 0.3 is 12.1 Å². The van der Waals surface area contributed by atoms with Crippen LogP contribution < -0.4 is 4.74 Å². The van der Waals surface area contributed by atoms with Crippen molar-refractivity contribution in [1.82, 2.24) is 19.2 Å². The van der Waals surface area contributed by atoms with Gasteiger partial charge in [-0.3, -0.25) is 9.58 Å². The molecule has 0 aliphatic carbocycles. The van der Waals surface area contributed by atoms with Crippen LogP contribution in [0.15, 0.2) is 48.5 Å². The van der Waals surface area contributed by atoms with Gasteiger partial charge in [-0.25, -0.2) is 9.18 Å². The molecule has 48 heavy (non-hydrogen) atoms. The predicted molar refractivity (Wildman–Crippen MR) is 178 cm³/mol. The fourth-order valence-corrected chi connectivity index (χ4v) is 7.07. The van der Waals surface area contributed by atoms with Gasteiger partial charge in [-0.2, -0.15) is 18.3 Å². The van der Waals surface area contributed by atoms with Gasteiger partial charge in [0.05, 0.1) is 36.0 Å². The van der Waals surface area contributed by atoms with Crippen LogP contribution in [0.1, 0.15) is 53.6 Å². The molecule has 0 spiro atoms. The number of ether oxygens (including phenoxy) is 2. The lowest BCUT2D eigenvalue weighted by Crippen LogP contribution is -2.35. The molecule has 1 aliphatic heterocycles. The zero-order valence-corrected chi connectivity index (χ0v) is 27.8. The molecule has 1 aliphatic rings. The molecule has 3 aromatic carbocycles. The van der Waals surface area contributed by atoms with Gasteiger partial charge in [0.1, 0.15) is 17.3 Å². The predicted octanol–water partition coefficient (Wildman–Crippen LogP) is 8.64. The summed E-state index contributed by atoms with van der Waals surface area (Å²) in [6.45, 7) is 3.68. The summed E-state index contributed by atoms with van der Waals surface area (Å²) in [6, 6.07) is 13.7. The van der Waals surface area contributed by atoms with Crippen LogP contribution in [0.25, 0.3) is 32.8 Å². The summed E-state index contributed by atoms with van der Waals surface area (Å²) >= 11 is 6.97. The molecule has 2 aromatic heterocycles. The number of alkyl halides is 3. The van der Waals surface area contributed by atoms with Crippen molar-refractivity contribution >= 4 is 39.2 Å². The molecule has 0 saturated carbocycles. The molecule has 0 unspecified atom stereocenters. The van der Waals surface area contributed by atoms with Crippen LogP contribution in [0.3, 0.4) is 0 Å². The smallest absolute Gasteiger partial charge is 0.401 e. The van der Waals surface area contributed by atoms with Crippen molar-refractivity contribution in [2.24, 2.45) is 7.05 Å². The quantitative estimate of drug-likeness (QED) is 0.0931. The maximum atomic E-state index is 13.8. The first kappa shape index (κ1) is 33.8. The topological polar surface area (TPSA) is 61.5 Å². The second kappa shape index (κ2) is 13.8. The summed E-state index contributed by atoms with van der Waals surface area (Å²) in [5.41, 5.74) is 4.48. The summed E-state index contributed by atoms with van der Waals surface area (Å²) < 4.78 is 70.0. The van der Waals surface area contributed by atoms with Gasteiger partial charge in [-0.15, -0.1) is 0 Å². The fourth-order valence-electron chi connectivity index (χ4n) is 6.82. The van der Waals surface area contributed by atoms with E-state index >= 15 is 0 Å². The van der Waals surface area contributed by atoms with Crippen molar-refractivity contribution in [3.63, 3.8) is 0 Å². The normalized spacial score (nSPS) is 14.2. The van der Waals surface area contributed by atoms with E-state index in [1.165, 1.54) is 17.0 Å². The summed E-state index contributed by atoms with van der Waals surface area (Å²) in [4.78, 5) is 15.1. The van der Waals surface area contributed by atoms with Crippen molar-refractivity contribution in [1.29, 1.82) is 0 Å². The molecule has 254 valence electrons. The lowest BCUT2D eigenvalue weighted by molar-refractivity contribution is -0.147. The van der Waals surface area contributed by atoms with Crippen LogP contribution >= 0.6 is 11.6 Å². The van der Waals surface area contributed by atoms with Crippen LogP contribution in [0.2, 0.25) is 5.02 Å². The summed E-state index contributed by atoms with van der Waals surface area (Å²) in [5.74, 6) is -0.150. The lowest BCUT2D eigenvalue weighted by Gasteiger charge is -2.23. The van der Waals surface area contributed by atoms with E-state index in [1.54, 1.807) is 30.8 Å². The number of aromatic nitrogens is 3. The number of benzene rings is 3. The van der Waals surface area contributed by atoms with Gasteiger partial charge in [-0.05, 0) is 87.4 Å². The molecule has 0 saturated heterocycles. The van der Waals surface area contributed by atoms with E-state index in [2.05, 4.69) is 5.10 Å². The molecule has 0 radical (unpaired) electrons. The van der Waals surface area contributed by atoms with E-state index < -0.39 is 18.7 Å². The number of carbonyl (C=O) groups excluding carboxylic acids is 1. The Kier molecular flexibility index (Phi) is 9.71. The van der Waals surface area contributed by atoms with Crippen LogP contribution in [-0.4, -0.2) is 57.7 Å². The molecule has 0 fully saturated rings. The van der Waals surface area contributed by atoms with Crippen molar-refractivity contribution in [3.8, 4) is 16.9 Å². The summed E-state index contributed by atoms with van der Waals surface area (Å²) in [6.07, 6.45) is -2.31. The molecule has 0 amide bonds. The highest BCUT2D eigenvalue weighted by atomic mass is 35.5. The second-order valence-electron chi connectivity index (χ2n) is 12.2. The molecular formula is C36H37ClF4N4O3. The average Bonchev–Trinajstić information content (AvgIpc) is 3.47. The zero-order chi connectivity index (χ0) is 34.2. The third kappa shape index (κ3) is 6.75. The molecular weight excluding hydrogens is 648 g/mol. The Morgan fingerprint density at radius 1 is 1.04 bits per heavy atom. The maximum absolute atomic E-state index is 13.8. The lowest BCUT2D eigenvalue weighted by atomic mass is 9.98. The van der Waals surface area contributed by atoms with Crippen LogP contribution in [0.5, 0.6) is 5.75 Å². The molecule has 0 N–H and O–H groups in total. The molecule has 3 heterocycles. The van der Waals surface area contributed by atoms with E-state index in [4.69, 9.17) is 21.1 Å². The number of carbonyl (C=O) groups is 1. The summed E-state index contributed by atoms with van der Waals surface area (Å²) in [5, 5.41) is 7.44. The third-order valence-electron chi connectivity index (χ3n) is 8.92. The highest BCUT2D eigenvalue weighted by Crippen LogP contribution is 2.43. The number of aryl methyl sites for hydroxylation is 3. The van der Waals surface area contributed by atoms with Crippen LogP contribution in [-0.2, 0) is 31.3 Å². The molecule has 12 heteroatoms. The van der Waals surface area contributed by atoms with Crippen LogP contribution in [0.4, 0.5) is 17.6 Å². The number of halogens is 5. The highest BCUT2D eigenvalue weighted by molar-refractivity contribution is 6.35. The minimum absolute atomic E-state index is 0.000310. The Labute approximate surface area is 281 Å². The molecule has 7 nitrogen and oxygen atoms in total. The number of rotatable bonds is 8. The molecule has 5 aromatic rings. The minimum atomic E-state index is -4.37. The second-order valence-corrected chi connectivity index (χ2v) is 12.6. The van der Waals surface area contributed by atoms with Gasteiger partial charge < -0.3 is 14.0 Å². The zero-order valence-electron chi connectivity index (χ0n) is 27.1. The molecule has 6 rings (SSSR count). The van der Waals surface area contributed by atoms with E-state index in [1.807, 2.05) is 35.8 Å².